The van der Waals surface area contributed by atoms with Crippen molar-refractivity contribution in [2.75, 3.05) is 11.6 Å². The number of rotatable bonds is 1. The van der Waals surface area contributed by atoms with Gasteiger partial charge in [-0.3, -0.25) is 15.4 Å². The molecule has 1 amide bonds. The smallest absolute Gasteiger partial charge is 0.333 e. The molecule has 0 saturated carbocycles. The first-order valence-corrected chi connectivity index (χ1v) is 4.75. The van der Waals surface area contributed by atoms with E-state index < -0.39 is 23.9 Å². The van der Waals surface area contributed by atoms with Crippen molar-refractivity contribution in [1.82, 2.24) is 0 Å². The number of amides is 1. The fourth-order valence-corrected chi connectivity index (χ4v) is 1.50. The fourth-order valence-electron chi connectivity index (χ4n) is 1.50. The number of nitrogens with zero attached hydrogens (tertiary/aromatic N) is 1. The molecule has 4 nitrogen and oxygen atoms in total. The Labute approximate surface area is 94.8 Å². The molecular formula is C10H9F3N2O2. The van der Waals surface area contributed by atoms with Crippen molar-refractivity contribution in [3.63, 3.8) is 0 Å². The number of ether oxygens (including phenoxy) is 1. The number of carbonyl (C=O) groups is 1. The van der Waals surface area contributed by atoms with Crippen molar-refractivity contribution in [3.8, 4) is 0 Å². The van der Waals surface area contributed by atoms with Gasteiger partial charge in [-0.1, -0.05) is 6.07 Å². The third-order valence-corrected chi connectivity index (χ3v) is 2.38. The van der Waals surface area contributed by atoms with Crippen LogP contribution in [-0.4, -0.2) is 18.9 Å². The molecule has 0 spiro atoms. The zero-order chi connectivity index (χ0) is 12.6. The van der Waals surface area contributed by atoms with Gasteiger partial charge < -0.3 is 4.74 Å². The van der Waals surface area contributed by atoms with E-state index in [1.54, 1.807) is 0 Å². The predicted octanol–water partition coefficient (Wildman–Crippen LogP) is 1.31. The SMILES string of the molecule is NC1OCN(c2cccc(C(F)(F)F)c2)C1=O. The van der Waals surface area contributed by atoms with Gasteiger partial charge in [0.2, 0.25) is 0 Å². The molecule has 1 aromatic rings. The highest BCUT2D eigenvalue weighted by molar-refractivity contribution is 5.97. The van der Waals surface area contributed by atoms with Crippen LogP contribution in [0, 0.1) is 0 Å². The minimum atomic E-state index is -4.44. The molecule has 1 atom stereocenters. The maximum atomic E-state index is 12.5. The number of benzene rings is 1. The highest BCUT2D eigenvalue weighted by Crippen LogP contribution is 2.32. The van der Waals surface area contributed by atoms with Crippen LogP contribution >= 0.6 is 0 Å². The van der Waals surface area contributed by atoms with Gasteiger partial charge in [0, 0.05) is 5.69 Å². The normalized spacial score (nSPS) is 21.1. The van der Waals surface area contributed by atoms with E-state index in [2.05, 4.69) is 0 Å². The monoisotopic (exact) mass is 246 g/mol. The average Bonchev–Trinajstić information content (AvgIpc) is 2.59. The Kier molecular flexibility index (Phi) is 2.80. The van der Waals surface area contributed by atoms with Crippen LogP contribution in [0.2, 0.25) is 0 Å². The minimum absolute atomic E-state index is 0.123. The highest BCUT2D eigenvalue weighted by atomic mass is 19.4. The van der Waals surface area contributed by atoms with Crippen molar-refractivity contribution in [2.24, 2.45) is 5.73 Å². The molecule has 92 valence electrons. The van der Waals surface area contributed by atoms with Gasteiger partial charge in [0.05, 0.1) is 5.56 Å². The van der Waals surface area contributed by atoms with Crippen molar-refractivity contribution in [2.45, 2.75) is 12.4 Å². The molecule has 7 heteroatoms. The summed E-state index contributed by atoms with van der Waals surface area (Å²) in [5, 5.41) is 0. The minimum Gasteiger partial charge on any atom is -0.333 e. The van der Waals surface area contributed by atoms with Crippen LogP contribution in [0.15, 0.2) is 24.3 Å². The summed E-state index contributed by atoms with van der Waals surface area (Å²) in [6, 6.07) is 4.45. The van der Waals surface area contributed by atoms with Gasteiger partial charge in [0.1, 0.15) is 6.73 Å². The van der Waals surface area contributed by atoms with Crippen LogP contribution < -0.4 is 10.6 Å². The Morgan fingerprint density at radius 1 is 1.41 bits per heavy atom. The van der Waals surface area contributed by atoms with Crippen LogP contribution in [0.3, 0.4) is 0 Å². The van der Waals surface area contributed by atoms with Crippen LogP contribution in [0.4, 0.5) is 18.9 Å². The first-order valence-electron chi connectivity index (χ1n) is 4.75. The van der Waals surface area contributed by atoms with Crippen LogP contribution in [0.5, 0.6) is 0 Å². The van der Waals surface area contributed by atoms with E-state index in [-0.39, 0.29) is 12.4 Å². The number of hydrogen-bond donors (Lipinski definition) is 1. The Bertz CT molecular complexity index is 447. The van der Waals surface area contributed by atoms with E-state index in [9.17, 15) is 18.0 Å². The number of alkyl halides is 3. The van der Waals surface area contributed by atoms with E-state index in [4.69, 9.17) is 10.5 Å². The maximum absolute atomic E-state index is 12.5. The molecule has 0 aliphatic carbocycles. The molecule has 0 radical (unpaired) electrons. The van der Waals surface area contributed by atoms with Gasteiger partial charge in [0.25, 0.3) is 5.91 Å². The molecular weight excluding hydrogens is 237 g/mol. The second-order valence-corrected chi connectivity index (χ2v) is 3.53. The first-order chi connectivity index (χ1) is 7.89. The topological polar surface area (TPSA) is 55.6 Å². The molecule has 1 unspecified atom stereocenters. The first kappa shape index (κ1) is 11.9. The largest absolute Gasteiger partial charge is 0.416 e. The Hall–Kier alpha value is -1.60. The average molecular weight is 246 g/mol. The van der Waals surface area contributed by atoms with Gasteiger partial charge in [0.15, 0.2) is 6.23 Å². The summed E-state index contributed by atoms with van der Waals surface area (Å²) < 4.78 is 42.2. The van der Waals surface area contributed by atoms with Crippen LogP contribution in [0.25, 0.3) is 0 Å². The summed E-state index contributed by atoms with van der Waals surface area (Å²) in [5.74, 6) is -0.552. The lowest BCUT2D eigenvalue weighted by Gasteiger charge is -2.15. The van der Waals surface area contributed by atoms with Gasteiger partial charge >= 0.3 is 6.18 Å². The van der Waals surface area contributed by atoms with Crippen LogP contribution in [0.1, 0.15) is 5.56 Å². The number of halogens is 3. The molecule has 2 N–H and O–H groups in total. The van der Waals surface area contributed by atoms with Crippen LogP contribution in [-0.2, 0) is 15.7 Å². The predicted molar refractivity (Wildman–Crippen MR) is 52.9 cm³/mol. The lowest BCUT2D eigenvalue weighted by Crippen LogP contribution is -2.34. The van der Waals surface area contributed by atoms with Gasteiger partial charge in [-0.15, -0.1) is 0 Å². The third kappa shape index (κ3) is 2.25. The van der Waals surface area contributed by atoms with E-state index in [0.29, 0.717) is 0 Å². The molecule has 0 aromatic heterocycles. The summed E-state index contributed by atoms with van der Waals surface area (Å²) in [6.07, 6.45) is -5.55. The quantitative estimate of drug-likeness (QED) is 0.812. The van der Waals surface area contributed by atoms with Crippen molar-refractivity contribution in [1.29, 1.82) is 0 Å². The number of carbonyl (C=O) groups excluding carboxylic acids is 1. The lowest BCUT2D eigenvalue weighted by atomic mass is 10.2. The second-order valence-electron chi connectivity index (χ2n) is 3.53. The summed E-state index contributed by atoms with van der Waals surface area (Å²) in [6.45, 7) is -0.138. The maximum Gasteiger partial charge on any atom is 0.416 e. The number of hydrogen-bond acceptors (Lipinski definition) is 3. The summed E-state index contributed by atoms with van der Waals surface area (Å²) >= 11 is 0. The molecule has 1 heterocycles. The number of nitrogens with two attached hydrogens (primary N) is 1. The van der Waals surface area contributed by atoms with Gasteiger partial charge in [-0.25, -0.2) is 0 Å². The molecule has 1 saturated heterocycles. The van der Waals surface area contributed by atoms with Crippen molar-refractivity contribution in [3.05, 3.63) is 29.8 Å². The van der Waals surface area contributed by atoms with Gasteiger partial charge in [-0.05, 0) is 18.2 Å². The molecule has 1 fully saturated rings. The molecule has 1 aromatic carbocycles. The van der Waals surface area contributed by atoms with E-state index in [0.717, 1.165) is 17.0 Å². The molecule has 17 heavy (non-hydrogen) atoms. The van der Waals surface area contributed by atoms with Crippen molar-refractivity contribution >= 4 is 11.6 Å². The fraction of sp³-hybridized carbons (Fsp3) is 0.300. The van der Waals surface area contributed by atoms with E-state index in [1.807, 2.05) is 0 Å². The summed E-state index contributed by atoms with van der Waals surface area (Å²) in [4.78, 5) is 12.5. The molecule has 2 rings (SSSR count). The molecule has 1 aliphatic heterocycles. The zero-order valence-corrected chi connectivity index (χ0v) is 8.57. The standard InChI is InChI=1S/C10H9F3N2O2/c11-10(12,13)6-2-1-3-7(4-6)15-5-17-8(14)9(15)16/h1-4,8H,5,14H2. The molecule has 1 aliphatic rings. The van der Waals surface area contributed by atoms with Gasteiger partial charge in [-0.2, -0.15) is 13.2 Å². The number of anilines is 1. The zero-order valence-electron chi connectivity index (χ0n) is 8.57. The molecule has 0 bridgehead atoms. The Balaban J connectivity index is 2.31. The summed E-state index contributed by atoms with van der Waals surface area (Å²) in [7, 11) is 0. The third-order valence-electron chi connectivity index (χ3n) is 2.38. The highest BCUT2D eigenvalue weighted by Gasteiger charge is 2.34. The Morgan fingerprint density at radius 2 is 2.12 bits per heavy atom. The van der Waals surface area contributed by atoms with E-state index >= 15 is 0 Å². The van der Waals surface area contributed by atoms with E-state index in [1.165, 1.54) is 12.1 Å². The summed E-state index contributed by atoms with van der Waals surface area (Å²) in [5.41, 5.74) is 4.60. The Morgan fingerprint density at radius 3 is 2.65 bits per heavy atom. The van der Waals surface area contributed by atoms with Crippen molar-refractivity contribution < 1.29 is 22.7 Å². The lowest BCUT2D eigenvalue weighted by molar-refractivity contribution is -0.137. The second kappa shape index (κ2) is 4.01.